The molecule has 0 atom stereocenters. The quantitative estimate of drug-likeness (QED) is 0.328. The Morgan fingerprint density at radius 3 is 2.37 bits per heavy atom. The lowest BCUT2D eigenvalue weighted by Crippen LogP contribution is -2.34. The molecule has 7 nitrogen and oxygen atoms in total. The number of nitrogens with zero attached hydrogens (tertiary/aromatic N) is 3. The van der Waals surface area contributed by atoms with Crippen LogP contribution in [0.3, 0.4) is 0 Å². The fraction of sp³-hybridized carbons (Fsp3) is 0.286. The number of benzene rings is 2. The van der Waals surface area contributed by atoms with Gasteiger partial charge >= 0.3 is 5.97 Å². The highest BCUT2D eigenvalue weighted by atomic mass is 16.5. The molecule has 4 aromatic rings. The highest BCUT2D eigenvalue weighted by molar-refractivity contribution is 6.08. The van der Waals surface area contributed by atoms with E-state index in [0.29, 0.717) is 17.9 Å². The molecular weight excluding hydrogens is 442 g/mol. The average molecular weight is 472 g/mol. The zero-order valence-electron chi connectivity index (χ0n) is 20.2. The van der Waals surface area contributed by atoms with Gasteiger partial charge in [-0.3, -0.25) is 9.78 Å². The van der Waals surface area contributed by atoms with Crippen molar-refractivity contribution < 1.29 is 19.4 Å². The van der Waals surface area contributed by atoms with E-state index in [-0.39, 0.29) is 12.4 Å². The van der Waals surface area contributed by atoms with Crippen LogP contribution in [0, 0.1) is 6.92 Å². The molecule has 0 saturated heterocycles. The van der Waals surface area contributed by atoms with Crippen molar-refractivity contribution in [1.29, 1.82) is 0 Å². The van der Waals surface area contributed by atoms with Gasteiger partial charge in [-0.15, -0.1) is 0 Å². The fourth-order valence-electron chi connectivity index (χ4n) is 3.77. The minimum atomic E-state index is -1.23. The average Bonchev–Trinajstić information content (AvgIpc) is 3.22. The van der Waals surface area contributed by atoms with Crippen LogP contribution < -0.4 is 0 Å². The van der Waals surface area contributed by atoms with Crippen LogP contribution in [0.2, 0.25) is 0 Å². The Kier molecular flexibility index (Phi) is 7.07. The van der Waals surface area contributed by atoms with Crippen molar-refractivity contribution in [2.24, 2.45) is 0 Å². The van der Waals surface area contributed by atoms with Gasteiger partial charge in [-0.05, 0) is 50.8 Å². The van der Waals surface area contributed by atoms with Crippen molar-refractivity contribution in [1.82, 2.24) is 14.5 Å². The van der Waals surface area contributed by atoms with Gasteiger partial charge in [0, 0.05) is 18.3 Å². The Balaban J connectivity index is 1.45. The Morgan fingerprint density at radius 2 is 1.69 bits per heavy atom. The highest BCUT2D eigenvalue weighted by Gasteiger charge is 2.27. The lowest BCUT2D eigenvalue weighted by molar-refractivity contribution is -0.162. The SMILES string of the molecule is Cc1ccc(C(=O)c2nc3ccncc3n2CCCc2ccc(COC(C)(C)C(=O)O)cc2)cc1. The van der Waals surface area contributed by atoms with Crippen molar-refractivity contribution >= 4 is 22.8 Å². The maximum Gasteiger partial charge on any atom is 0.335 e. The third-order valence-electron chi connectivity index (χ3n) is 6.05. The van der Waals surface area contributed by atoms with Gasteiger partial charge in [-0.25, -0.2) is 9.78 Å². The van der Waals surface area contributed by atoms with Gasteiger partial charge < -0.3 is 14.4 Å². The smallest absolute Gasteiger partial charge is 0.335 e. The molecule has 180 valence electrons. The molecule has 0 fully saturated rings. The van der Waals surface area contributed by atoms with Gasteiger partial charge in [0.15, 0.2) is 11.4 Å². The summed E-state index contributed by atoms with van der Waals surface area (Å²) in [6.07, 6.45) is 5.07. The molecule has 0 saturated carbocycles. The van der Waals surface area contributed by atoms with Crippen LogP contribution in [0.25, 0.3) is 11.0 Å². The molecule has 1 N–H and O–H groups in total. The summed E-state index contributed by atoms with van der Waals surface area (Å²) >= 11 is 0. The first-order chi connectivity index (χ1) is 16.7. The number of imidazole rings is 1. The number of carboxylic acids is 1. The van der Waals surface area contributed by atoms with E-state index in [4.69, 9.17) is 4.74 Å². The zero-order chi connectivity index (χ0) is 25.0. The Labute approximate surface area is 204 Å². The van der Waals surface area contributed by atoms with E-state index in [2.05, 4.69) is 9.97 Å². The number of hydrogen-bond acceptors (Lipinski definition) is 5. The van der Waals surface area contributed by atoms with Crippen molar-refractivity contribution in [2.75, 3.05) is 0 Å². The van der Waals surface area contributed by atoms with Gasteiger partial charge in [0.2, 0.25) is 5.78 Å². The highest BCUT2D eigenvalue weighted by Crippen LogP contribution is 2.20. The second-order valence-electron chi connectivity index (χ2n) is 9.17. The van der Waals surface area contributed by atoms with Crippen LogP contribution in [-0.4, -0.2) is 37.0 Å². The molecular formula is C28H29N3O4. The number of carboxylic acid groups (broad SMARTS) is 1. The van der Waals surface area contributed by atoms with Crippen molar-refractivity contribution in [3.63, 3.8) is 0 Å². The number of ether oxygens (including phenoxy) is 1. The van der Waals surface area contributed by atoms with Gasteiger partial charge in [-0.2, -0.15) is 0 Å². The summed E-state index contributed by atoms with van der Waals surface area (Å²) in [5.74, 6) is -0.670. The van der Waals surface area contributed by atoms with Crippen molar-refractivity contribution in [3.8, 4) is 0 Å². The summed E-state index contributed by atoms with van der Waals surface area (Å²) in [6, 6.07) is 17.3. The lowest BCUT2D eigenvalue weighted by Gasteiger charge is -2.20. The molecule has 0 aliphatic rings. The normalized spacial score (nSPS) is 11.6. The number of ketones is 1. The molecule has 4 rings (SSSR count). The maximum absolute atomic E-state index is 13.2. The van der Waals surface area contributed by atoms with E-state index in [0.717, 1.165) is 40.6 Å². The summed E-state index contributed by atoms with van der Waals surface area (Å²) in [5, 5.41) is 9.18. The van der Waals surface area contributed by atoms with Crippen LogP contribution in [0.1, 0.15) is 53.1 Å². The van der Waals surface area contributed by atoms with Crippen LogP contribution >= 0.6 is 0 Å². The first kappa shape index (κ1) is 24.3. The fourth-order valence-corrected chi connectivity index (χ4v) is 3.77. The van der Waals surface area contributed by atoms with Gasteiger partial charge in [-0.1, -0.05) is 54.1 Å². The molecule has 35 heavy (non-hydrogen) atoms. The molecule has 0 aliphatic carbocycles. The predicted molar refractivity (Wildman–Crippen MR) is 133 cm³/mol. The first-order valence-electron chi connectivity index (χ1n) is 11.6. The molecule has 7 heteroatoms. The van der Waals surface area contributed by atoms with Gasteiger partial charge in [0.1, 0.15) is 0 Å². The van der Waals surface area contributed by atoms with Crippen LogP contribution in [0.15, 0.2) is 67.0 Å². The molecule has 0 radical (unpaired) electrons. The molecule has 0 spiro atoms. The molecule has 0 amide bonds. The number of carbonyl (C=O) groups excluding carboxylic acids is 1. The number of hydrogen-bond donors (Lipinski definition) is 1. The summed E-state index contributed by atoms with van der Waals surface area (Å²) in [7, 11) is 0. The number of aromatic nitrogens is 3. The topological polar surface area (TPSA) is 94.3 Å². The molecule has 0 unspecified atom stereocenters. The number of carbonyl (C=O) groups is 2. The van der Waals surface area contributed by atoms with Crippen molar-refractivity contribution in [2.45, 2.75) is 52.4 Å². The predicted octanol–water partition coefficient (Wildman–Crippen LogP) is 4.98. The second-order valence-corrected chi connectivity index (χ2v) is 9.17. The maximum atomic E-state index is 13.2. The summed E-state index contributed by atoms with van der Waals surface area (Å²) in [5.41, 5.74) is 4.16. The van der Waals surface area contributed by atoms with Gasteiger partial charge in [0.05, 0.1) is 23.8 Å². The van der Waals surface area contributed by atoms with E-state index in [1.165, 1.54) is 13.8 Å². The Morgan fingerprint density at radius 1 is 1.00 bits per heavy atom. The summed E-state index contributed by atoms with van der Waals surface area (Å²) in [6.45, 7) is 5.93. The molecule has 0 aliphatic heterocycles. The number of rotatable bonds is 10. The third kappa shape index (κ3) is 5.63. The zero-order valence-corrected chi connectivity index (χ0v) is 20.2. The molecule has 2 aromatic heterocycles. The largest absolute Gasteiger partial charge is 0.479 e. The van der Waals surface area contributed by atoms with E-state index in [9.17, 15) is 14.7 Å². The minimum Gasteiger partial charge on any atom is -0.479 e. The molecule has 2 aromatic carbocycles. The second kappa shape index (κ2) is 10.2. The standard InChI is InChI=1S/C28H29N3O4/c1-19-6-12-22(13-7-19)25(32)26-30-23-14-15-29-17-24(23)31(26)16-4-5-20-8-10-21(11-9-20)18-35-28(2,3)27(33)34/h6-15,17H,4-5,16,18H2,1-3H3,(H,33,34). The minimum absolute atomic E-state index is 0.102. The Bertz CT molecular complexity index is 1340. The van der Waals surface area contributed by atoms with Crippen LogP contribution in [0.5, 0.6) is 0 Å². The Hall–Kier alpha value is -3.84. The molecule has 0 bridgehead atoms. The van der Waals surface area contributed by atoms with Crippen molar-refractivity contribution in [3.05, 3.63) is 95.1 Å². The number of fused-ring (bicyclic) bond motifs is 1. The third-order valence-corrected chi connectivity index (χ3v) is 6.05. The van der Waals surface area contributed by atoms with E-state index in [1.54, 1.807) is 12.4 Å². The summed E-state index contributed by atoms with van der Waals surface area (Å²) in [4.78, 5) is 33.3. The summed E-state index contributed by atoms with van der Waals surface area (Å²) < 4.78 is 7.48. The van der Waals surface area contributed by atoms with Crippen LogP contribution in [-0.2, 0) is 29.1 Å². The number of pyridine rings is 1. The first-order valence-corrected chi connectivity index (χ1v) is 11.6. The van der Waals surface area contributed by atoms with E-state index >= 15 is 0 Å². The lowest BCUT2D eigenvalue weighted by atomic mass is 10.1. The number of aryl methyl sites for hydroxylation is 3. The number of aliphatic carboxylic acids is 1. The monoisotopic (exact) mass is 471 g/mol. The van der Waals surface area contributed by atoms with E-state index in [1.807, 2.05) is 66.1 Å². The van der Waals surface area contributed by atoms with Gasteiger partial charge in [0.25, 0.3) is 0 Å². The van der Waals surface area contributed by atoms with Crippen LogP contribution in [0.4, 0.5) is 0 Å². The molecule has 2 heterocycles. The van der Waals surface area contributed by atoms with E-state index < -0.39 is 11.6 Å².